The highest BCUT2D eigenvalue weighted by Crippen LogP contribution is 2.28. The van der Waals surface area contributed by atoms with Crippen molar-refractivity contribution in [3.05, 3.63) is 33.2 Å². The SMILES string of the molecule is Nc1ccc(S(=O)(=O)Nc2ncc(Br)s2)c(Cl)c1. The van der Waals surface area contributed by atoms with Crippen molar-refractivity contribution in [2.24, 2.45) is 0 Å². The summed E-state index contributed by atoms with van der Waals surface area (Å²) in [6.07, 6.45) is 1.51. The monoisotopic (exact) mass is 367 g/mol. The molecule has 2 aromatic rings. The average Bonchev–Trinajstić information content (AvgIpc) is 2.62. The van der Waals surface area contributed by atoms with Gasteiger partial charge < -0.3 is 5.73 Å². The molecule has 5 nitrogen and oxygen atoms in total. The predicted octanol–water partition coefficient (Wildman–Crippen LogP) is 2.94. The summed E-state index contributed by atoms with van der Waals surface area (Å²) >= 11 is 10.2. The van der Waals surface area contributed by atoms with Crippen LogP contribution in [-0.4, -0.2) is 13.4 Å². The van der Waals surface area contributed by atoms with Gasteiger partial charge in [0.05, 0.1) is 15.0 Å². The van der Waals surface area contributed by atoms with E-state index in [1.807, 2.05) is 0 Å². The molecule has 1 aromatic carbocycles. The Morgan fingerprint density at radius 3 is 2.72 bits per heavy atom. The van der Waals surface area contributed by atoms with E-state index in [-0.39, 0.29) is 15.0 Å². The molecule has 0 amide bonds. The van der Waals surface area contributed by atoms with E-state index in [2.05, 4.69) is 25.6 Å². The third-order valence-corrected chi connectivity index (χ3v) is 5.29. The van der Waals surface area contributed by atoms with Gasteiger partial charge in [0.25, 0.3) is 10.0 Å². The average molecular weight is 369 g/mol. The van der Waals surface area contributed by atoms with Crippen LogP contribution in [0.25, 0.3) is 0 Å². The summed E-state index contributed by atoms with van der Waals surface area (Å²) in [6.45, 7) is 0. The molecule has 96 valence electrons. The van der Waals surface area contributed by atoms with Crippen LogP contribution in [0.3, 0.4) is 0 Å². The molecule has 0 aliphatic heterocycles. The van der Waals surface area contributed by atoms with Gasteiger partial charge in [0.15, 0.2) is 5.13 Å². The minimum atomic E-state index is -3.76. The Hall–Kier alpha value is -0.830. The second kappa shape index (κ2) is 5.04. The number of nitrogens with two attached hydrogens (primary N) is 1. The lowest BCUT2D eigenvalue weighted by Gasteiger charge is -2.07. The van der Waals surface area contributed by atoms with Gasteiger partial charge >= 0.3 is 0 Å². The number of halogens is 2. The first-order valence-electron chi connectivity index (χ1n) is 4.57. The molecule has 0 spiro atoms. The first kappa shape index (κ1) is 13.6. The minimum Gasteiger partial charge on any atom is -0.399 e. The Morgan fingerprint density at radius 2 is 2.17 bits per heavy atom. The molecule has 0 unspecified atom stereocenters. The number of rotatable bonds is 3. The molecule has 2 rings (SSSR count). The molecule has 0 radical (unpaired) electrons. The van der Waals surface area contributed by atoms with Crippen molar-refractivity contribution in [2.75, 3.05) is 10.5 Å². The van der Waals surface area contributed by atoms with Crippen molar-refractivity contribution in [3.63, 3.8) is 0 Å². The summed E-state index contributed by atoms with van der Waals surface area (Å²) in [5.74, 6) is 0. The Kier molecular flexibility index (Phi) is 3.81. The lowest BCUT2D eigenvalue weighted by Crippen LogP contribution is -2.13. The largest absolute Gasteiger partial charge is 0.399 e. The third-order valence-electron chi connectivity index (χ3n) is 1.94. The highest BCUT2D eigenvalue weighted by atomic mass is 79.9. The molecule has 0 bridgehead atoms. The van der Waals surface area contributed by atoms with Crippen molar-refractivity contribution in [1.29, 1.82) is 0 Å². The van der Waals surface area contributed by atoms with Crippen LogP contribution in [0.5, 0.6) is 0 Å². The maximum absolute atomic E-state index is 12.1. The predicted molar refractivity (Wildman–Crippen MR) is 76.5 cm³/mol. The molecule has 1 heterocycles. The number of thiazole rings is 1. The van der Waals surface area contributed by atoms with Gasteiger partial charge in [-0.2, -0.15) is 0 Å². The van der Waals surface area contributed by atoms with Crippen molar-refractivity contribution in [2.45, 2.75) is 4.90 Å². The summed E-state index contributed by atoms with van der Waals surface area (Å²) in [5.41, 5.74) is 5.91. The van der Waals surface area contributed by atoms with Gasteiger partial charge in [0, 0.05) is 5.69 Å². The highest BCUT2D eigenvalue weighted by Gasteiger charge is 2.19. The molecule has 9 heteroatoms. The first-order valence-corrected chi connectivity index (χ1v) is 8.05. The van der Waals surface area contributed by atoms with Gasteiger partial charge in [-0.15, -0.1) is 0 Å². The van der Waals surface area contributed by atoms with Crippen molar-refractivity contribution >= 4 is 59.7 Å². The number of anilines is 2. The number of aromatic nitrogens is 1. The van der Waals surface area contributed by atoms with Crippen LogP contribution < -0.4 is 10.5 Å². The molecule has 0 aliphatic rings. The van der Waals surface area contributed by atoms with Crippen molar-refractivity contribution in [3.8, 4) is 0 Å². The second-order valence-electron chi connectivity index (χ2n) is 3.26. The van der Waals surface area contributed by atoms with Crippen molar-refractivity contribution < 1.29 is 8.42 Å². The van der Waals surface area contributed by atoms with E-state index in [4.69, 9.17) is 17.3 Å². The Morgan fingerprint density at radius 1 is 1.44 bits per heavy atom. The molecule has 0 fully saturated rings. The van der Waals surface area contributed by atoms with Crippen LogP contribution >= 0.6 is 38.9 Å². The van der Waals surface area contributed by atoms with Gasteiger partial charge in [-0.1, -0.05) is 22.9 Å². The maximum atomic E-state index is 12.1. The molecule has 3 N–H and O–H groups in total. The van der Waals surface area contributed by atoms with E-state index >= 15 is 0 Å². The number of hydrogen-bond acceptors (Lipinski definition) is 5. The molecule has 0 saturated heterocycles. The zero-order valence-electron chi connectivity index (χ0n) is 8.72. The fraction of sp³-hybridized carbons (Fsp3) is 0. The van der Waals surface area contributed by atoms with Crippen LogP contribution in [-0.2, 0) is 10.0 Å². The van der Waals surface area contributed by atoms with E-state index in [1.54, 1.807) is 0 Å². The van der Waals surface area contributed by atoms with Crippen LogP contribution in [0.2, 0.25) is 5.02 Å². The fourth-order valence-corrected chi connectivity index (χ4v) is 4.11. The molecule has 0 aliphatic carbocycles. The van der Waals surface area contributed by atoms with Crippen LogP contribution in [0, 0.1) is 0 Å². The van der Waals surface area contributed by atoms with E-state index in [9.17, 15) is 8.42 Å². The van der Waals surface area contributed by atoms with Crippen LogP contribution in [0.1, 0.15) is 0 Å². The highest BCUT2D eigenvalue weighted by molar-refractivity contribution is 9.11. The molecule has 18 heavy (non-hydrogen) atoms. The number of sulfonamides is 1. The molecular formula is C9H7BrClN3O2S2. The number of nitrogen functional groups attached to an aromatic ring is 1. The lowest BCUT2D eigenvalue weighted by atomic mass is 10.3. The zero-order chi connectivity index (χ0) is 13.3. The van der Waals surface area contributed by atoms with Gasteiger partial charge in [-0.3, -0.25) is 4.72 Å². The number of hydrogen-bond donors (Lipinski definition) is 2. The fourth-order valence-electron chi connectivity index (χ4n) is 1.21. The smallest absolute Gasteiger partial charge is 0.265 e. The zero-order valence-corrected chi connectivity index (χ0v) is 12.7. The summed E-state index contributed by atoms with van der Waals surface area (Å²) in [5, 5.41) is 0.327. The van der Waals surface area contributed by atoms with E-state index < -0.39 is 10.0 Å². The quantitative estimate of drug-likeness (QED) is 0.816. The van der Waals surface area contributed by atoms with Gasteiger partial charge in [0.2, 0.25) is 0 Å². The third kappa shape index (κ3) is 2.94. The summed E-state index contributed by atoms with van der Waals surface area (Å²) < 4.78 is 27.2. The summed E-state index contributed by atoms with van der Waals surface area (Å²) in [4.78, 5) is 3.85. The second-order valence-corrected chi connectivity index (χ2v) is 7.73. The molecular weight excluding hydrogens is 362 g/mol. The lowest BCUT2D eigenvalue weighted by molar-refractivity contribution is 0.601. The Bertz CT molecular complexity index is 687. The normalized spacial score (nSPS) is 11.4. The molecule has 1 aromatic heterocycles. The van der Waals surface area contributed by atoms with Crippen molar-refractivity contribution in [1.82, 2.24) is 4.98 Å². The minimum absolute atomic E-state index is 0.0373. The summed E-state index contributed by atoms with van der Waals surface area (Å²) in [6, 6.07) is 4.20. The number of nitrogens with one attached hydrogen (secondary N) is 1. The van der Waals surface area contributed by atoms with E-state index in [0.29, 0.717) is 5.69 Å². The Labute approximate surface area is 121 Å². The number of benzene rings is 1. The van der Waals surface area contributed by atoms with Gasteiger partial charge in [-0.05, 0) is 34.1 Å². The Balaban J connectivity index is 2.36. The standard InChI is InChI=1S/C9H7BrClN3O2S2/c10-8-4-13-9(17-8)14-18(15,16)7-2-1-5(12)3-6(7)11/h1-4H,12H2,(H,13,14). The van der Waals surface area contributed by atoms with E-state index in [0.717, 1.165) is 3.79 Å². The topological polar surface area (TPSA) is 85.1 Å². The van der Waals surface area contributed by atoms with Gasteiger partial charge in [-0.25, -0.2) is 13.4 Å². The van der Waals surface area contributed by atoms with Gasteiger partial charge in [0.1, 0.15) is 4.90 Å². The van der Waals surface area contributed by atoms with E-state index in [1.165, 1.54) is 35.7 Å². The van der Waals surface area contributed by atoms with Crippen LogP contribution in [0.4, 0.5) is 10.8 Å². The maximum Gasteiger partial charge on any atom is 0.265 e. The first-order chi connectivity index (χ1) is 8.38. The summed E-state index contributed by atoms with van der Waals surface area (Å²) in [7, 11) is -3.76. The van der Waals surface area contributed by atoms with Crippen LogP contribution in [0.15, 0.2) is 33.1 Å². The molecule has 0 saturated carbocycles. The number of nitrogens with zero attached hydrogens (tertiary/aromatic N) is 1. The molecule has 0 atom stereocenters.